The number of aryl methyl sites for hydroxylation is 1. The number of hydrogen-bond donors (Lipinski definition) is 0. The van der Waals surface area contributed by atoms with E-state index >= 15 is 4.79 Å². The van der Waals surface area contributed by atoms with Gasteiger partial charge in [0.2, 0.25) is 0 Å². The molecule has 0 radical (unpaired) electrons. The highest BCUT2D eigenvalue weighted by atomic mass is 16.1. The van der Waals surface area contributed by atoms with Crippen molar-refractivity contribution in [3.05, 3.63) is 179 Å². The van der Waals surface area contributed by atoms with Crippen LogP contribution in [0.25, 0.3) is 11.1 Å². The van der Waals surface area contributed by atoms with Crippen molar-refractivity contribution in [1.29, 1.82) is 0 Å². The molecule has 0 N–H and O–H groups in total. The van der Waals surface area contributed by atoms with Crippen LogP contribution in [-0.2, 0) is 5.41 Å². The number of rotatable bonds is 5. The van der Waals surface area contributed by atoms with Crippen LogP contribution in [0.4, 0.5) is 11.4 Å². The molecule has 0 unspecified atom stereocenters. The van der Waals surface area contributed by atoms with Crippen molar-refractivity contribution in [3.8, 4) is 0 Å². The number of hydrogen-bond acceptors (Lipinski definition) is 2. The first-order valence-corrected chi connectivity index (χ1v) is 15.0. The maximum atomic E-state index is 15.2. The zero-order chi connectivity index (χ0) is 29.6. The zero-order valence-corrected chi connectivity index (χ0v) is 24.9. The molecule has 1 heterocycles. The molecule has 1 spiro atoms. The minimum atomic E-state index is -0.759. The Bertz CT molecular complexity index is 1850. The number of benzene rings is 5. The van der Waals surface area contributed by atoms with Crippen LogP contribution in [0.2, 0.25) is 0 Å². The molecule has 210 valence electrons. The van der Waals surface area contributed by atoms with E-state index in [1.165, 1.54) is 11.1 Å². The smallest absolute Gasteiger partial charge is 0.173 e. The third-order valence-electron chi connectivity index (χ3n) is 9.45. The lowest BCUT2D eigenvalue weighted by molar-refractivity contribution is 0.0888. The van der Waals surface area contributed by atoms with E-state index in [0.717, 1.165) is 39.2 Å². The third kappa shape index (κ3) is 4.20. The van der Waals surface area contributed by atoms with Gasteiger partial charge < -0.3 is 4.90 Å². The molecule has 0 amide bonds. The number of anilines is 2. The fraction of sp³-hybridized carbons (Fsp3) is 0.146. The number of Topliss-reactive ketones (excluding diaryl/α,β-unsaturated/α-hetero) is 1. The quantitative estimate of drug-likeness (QED) is 0.200. The van der Waals surface area contributed by atoms with Gasteiger partial charge in [-0.25, -0.2) is 0 Å². The molecule has 7 rings (SSSR count). The molecule has 2 atom stereocenters. The SMILES string of the molecule is Cc1ccc(C2=CC(c3ccccc3)=C[C@]3([C@@H]2C(=O)c2ccccc2)N(c2ccccc2)c2ccccc2C3(C)C)cc1. The number of ketones is 1. The summed E-state index contributed by atoms with van der Waals surface area (Å²) in [5, 5.41) is 0. The van der Waals surface area contributed by atoms with E-state index in [4.69, 9.17) is 0 Å². The average Bonchev–Trinajstić information content (AvgIpc) is 3.24. The number of allylic oxidation sites excluding steroid dienone is 2. The Morgan fingerprint density at radius 2 is 1.23 bits per heavy atom. The molecule has 0 saturated carbocycles. The number of fused-ring (bicyclic) bond motifs is 1. The zero-order valence-electron chi connectivity index (χ0n) is 24.9. The van der Waals surface area contributed by atoms with Gasteiger partial charge in [-0.05, 0) is 65.1 Å². The van der Waals surface area contributed by atoms with Gasteiger partial charge in [-0.3, -0.25) is 4.79 Å². The molecule has 43 heavy (non-hydrogen) atoms. The second kappa shape index (κ2) is 10.4. The minimum absolute atomic E-state index is 0.123. The third-order valence-corrected chi connectivity index (χ3v) is 9.45. The number of nitrogens with zero attached hydrogens (tertiary/aromatic N) is 1. The molecule has 1 aliphatic carbocycles. The molecule has 5 aromatic carbocycles. The van der Waals surface area contributed by atoms with Crippen molar-refractivity contribution in [2.75, 3.05) is 4.90 Å². The van der Waals surface area contributed by atoms with Crippen molar-refractivity contribution in [1.82, 2.24) is 0 Å². The lowest BCUT2D eigenvalue weighted by Gasteiger charge is -2.53. The Morgan fingerprint density at radius 3 is 1.91 bits per heavy atom. The van der Waals surface area contributed by atoms with Crippen LogP contribution >= 0.6 is 0 Å². The highest BCUT2D eigenvalue weighted by molar-refractivity contribution is 6.10. The Labute approximate surface area is 254 Å². The van der Waals surface area contributed by atoms with Gasteiger partial charge in [0.1, 0.15) is 0 Å². The summed E-state index contributed by atoms with van der Waals surface area (Å²) in [5.74, 6) is -0.370. The maximum absolute atomic E-state index is 15.2. The molecular weight excluding hydrogens is 522 g/mol. The summed E-state index contributed by atoms with van der Waals surface area (Å²) in [6, 6.07) is 48.3. The van der Waals surface area contributed by atoms with Crippen molar-refractivity contribution >= 4 is 28.3 Å². The molecule has 2 nitrogen and oxygen atoms in total. The lowest BCUT2D eigenvalue weighted by atomic mass is 9.57. The van der Waals surface area contributed by atoms with Crippen molar-refractivity contribution in [2.24, 2.45) is 5.92 Å². The van der Waals surface area contributed by atoms with E-state index in [-0.39, 0.29) is 5.78 Å². The van der Waals surface area contributed by atoms with E-state index in [1.54, 1.807) is 0 Å². The average molecular weight is 558 g/mol. The first-order valence-electron chi connectivity index (χ1n) is 15.0. The van der Waals surface area contributed by atoms with E-state index in [9.17, 15) is 0 Å². The summed E-state index contributed by atoms with van der Waals surface area (Å²) < 4.78 is 0. The minimum Gasteiger partial charge on any atom is -0.330 e. The summed E-state index contributed by atoms with van der Waals surface area (Å²) in [7, 11) is 0. The van der Waals surface area contributed by atoms with Crippen molar-refractivity contribution in [3.63, 3.8) is 0 Å². The summed E-state index contributed by atoms with van der Waals surface area (Å²) in [6.45, 7) is 6.74. The molecule has 0 saturated heterocycles. The van der Waals surface area contributed by atoms with Gasteiger partial charge in [-0.2, -0.15) is 0 Å². The van der Waals surface area contributed by atoms with Crippen LogP contribution in [0.5, 0.6) is 0 Å². The molecule has 2 heteroatoms. The van der Waals surface area contributed by atoms with Crippen molar-refractivity contribution < 1.29 is 4.79 Å². The van der Waals surface area contributed by atoms with Crippen LogP contribution in [0.1, 0.15) is 46.5 Å². The molecule has 1 aliphatic heterocycles. The lowest BCUT2D eigenvalue weighted by Crippen LogP contribution is -2.61. The van der Waals surface area contributed by atoms with Crippen LogP contribution < -0.4 is 4.90 Å². The predicted molar refractivity (Wildman–Crippen MR) is 179 cm³/mol. The Balaban J connectivity index is 1.61. The molecule has 2 aliphatic rings. The normalized spacial score (nSPS) is 20.3. The molecule has 0 fully saturated rings. The Hall–Kier alpha value is -4.95. The number of para-hydroxylation sites is 2. The first kappa shape index (κ1) is 26.9. The predicted octanol–water partition coefficient (Wildman–Crippen LogP) is 9.84. The Morgan fingerprint density at radius 1 is 0.651 bits per heavy atom. The second-order valence-electron chi connectivity index (χ2n) is 12.2. The largest absolute Gasteiger partial charge is 0.330 e. The topological polar surface area (TPSA) is 20.3 Å². The van der Waals surface area contributed by atoms with Crippen LogP contribution in [0.15, 0.2) is 152 Å². The summed E-state index contributed by atoms with van der Waals surface area (Å²) in [5.41, 5.74) is 8.52. The van der Waals surface area contributed by atoms with Gasteiger partial charge in [-0.1, -0.05) is 141 Å². The molecule has 0 aromatic heterocycles. The summed E-state index contributed by atoms with van der Waals surface area (Å²) in [4.78, 5) is 17.6. The first-order chi connectivity index (χ1) is 20.9. The molecular formula is C41H35NO. The van der Waals surface area contributed by atoms with Gasteiger partial charge >= 0.3 is 0 Å². The van der Waals surface area contributed by atoms with Crippen LogP contribution in [0.3, 0.4) is 0 Å². The van der Waals surface area contributed by atoms with E-state index in [2.05, 4.69) is 147 Å². The molecule has 0 bridgehead atoms. The number of carbonyl (C=O) groups is 1. The summed E-state index contributed by atoms with van der Waals surface area (Å²) >= 11 is 0. The van der Waals surface area contributed by atoms with Gasteiger partial charge in [0, 0.05) is 22.4 Å². The standard InChI is InChI=1S/C41H35NO/c1-29-23-25-31(26-24-29)35-27-33(30-15-7-4-8-16-30)28-41(38(35)39(43)32-17-9-5-10-18-32)40(2,3)36-21-13-14-22-37(36)42(41)34-19-11-6-12-20-34/h4-28,38H,1-3H3/t38-,41+/m0/s1. The van der Waals surface area contributed by atoms with Crippen molar-refractivity contribution in [2.45, 2.75) is 31.7 Å². The fourth-order valence-corrected chi connectivity index (χ4v) is 7.31. The highest BCUT2D eigenvalue weighted by Crippen LogP contribution is 2.63. The van der Waals surface area contributed by atoms with E-state index in [1.807, 2.05) is 30.3 Å². The van der Waals surface area contributed by atoms with Crippen LogP contribution in [-0.4, -0.2) is 11.3 Å². The van der Waals surface area contributed by atoms with E-state index in [0.29, 0.717) is 0 Å². The van der Waals surface area contributed by atoms with Gasteiger partial charge in [0.25, 0.3) is 0 Å². The van der Waals surface area contributed by atoms with Gasteiger partial charge in [-0.15, -0.1) is 0 Å². The van der Waals surface area contributed by atoms with E-state index < -0.39 is 16.9 Å². The second-order valence-corrected chi connectivity index (χ2v) is 12.2. The number of carbonyl (C=O) groups excluding carboxylic acids is 1. The highest BCUT2D eigenvalue weighted by Gasteiger charge is 2.63. The van der Waals surface area contributed by atoms with Gasteiger partial charge in [0.05, 0.1) is 11.5 Å². The Kier molecular flexibility index (Phi) is 6.51. The van der Waals surface area contributed by atoms with Crippen LogP contribution in [0, 0.1) is 12.8 Å². The summed E-state index contributed by atoms with van der Waals surface area (Å²) in [6.07, 6.45) is 4.66. The maximum Gasteiger partial charge on any atom is 0.173 e. The van der Waals surface area contributed by atoms with Gasteiger partial charge in [0.15, 0.2) is 5.78 Å². The fourth-order valence-electron chi connectivity index (χ4n) is 7.31. The molecule has 5 aromatic rings. The monoisotopic (exact) mass is 557 g/mol.